The van der Waals surface area contributed by atoms with Gasteiger partial charge in [-0.2, -0.15) is 0 Å². The van der Waals surface area contributed by atoms with Gasteiger partial charge in [0, 0.05) is 31.2 Å². The fraction of sp³-hybridized carbons (Fsp3) is 0. The van der Waals surface area contributed by atoms with Gasteiger partial charge >= 0.3 is 48.7 Å². The van der Waals surface area contributed by atoms with Crippen LogP contribution < -0.4 is 0 Å². The van der Waals surface area contributed by atoms with Crippen LogP contribution in [0.15, 0.2) is 0 Å². The first-order valence-corrected chi connectivity index (χ1v) is 6.00. The van der Waals surface area contributed by atoms with E-state index in [9.17, 15) is 0 Å². The van der Waals surface area contributed by atoms with Crippen LogP contribution in [0, 0.1) is 0 Å². The average Bonchev–Trinajstić information content (AvgIpc) is 1.41. The Kier molecular flexibility index (Phi) is 22.0. The van der Waals surface area contributed by atoms with Crippen molar-refractivity contribution >= 4 is 79.9 Å². The molecule has 0 saturated heterocycles. The van der Waals surface area contributed by atoms with Crippen LogP contribution in [-0.2, 0) is 31.2 Å². The van der Waals surface area contributed by atoms with Gasteiger partial charge in [-0.3, -0.25) is 25.3 Å². The van der Waals surface area contributed by atoms with E-state index in [-0.39, 0.29) is 48.7 Å². The van der Waals surface area contributed by atoms with Crippen LogP contribution in [0.5, 0.6) is 0 Å². The average molecular weight is 356 g/mol. The van der Waals surface area contributed by atoms with Gasteiger partial charge in [-0.25, -0.2) is 0 Å². The van der Waals surface area contributed by atoms with Crippen LogP contribution >= 0.6 is 0 Å². The molecule has 0 fully saturated rings. The summed E-state index contributed by atoms with van der Waals surface area (Å²) in [4.78, 5) is 0. The molecule has 0 spiro atoms. The second-order valence-corrected chi connectivity index (χ2v) is 3.67. The molecule has 0 aliphatic carbocycles. The monoisotopic (exact) mass is 356 g/mol. The number of hydrogen-bond donors (Lipinski definition) is 0. The fourth-order valence-corrected chi connectivity index (χ4v) is 0. The molecular weight excluding hydrogens is 356 g/mol. The minimum absolute atomic E-state index is 0. The molecule has 0 unspecified atom stereocenters. The van der Waals surface area contributed by atoms with Gasteiger partial charge in [0.1, 0.15) is 0 Å². The van der Waals surface area contributed by atoms with Gasteiger partial charge in [0.2, 0.25) is 0 Å². The van der Waals surface area contributed by atoms with Gasteiger partial charge < -0.3 is 27.3 Å². The van der Waals surface area contributed by atoms with Crippen LogP contribution in [0.25, 0.3) is 0 Å². The number of hydrogen-bond acceptors (Lipinski definition) is 12. The molecule has 0 radical (unpaired) electrons. The minimum Gasteiger partial charge on any atom is -0.759 e. The van der Waals surface area contributed by atoms with E-state index in [0.29, 0.717) is 0 Å². The zero-order valence-corrected chi connectivity index (χ0v) is 13.0. The second-order valence-electron chi connectivity index (χ2n) is 1.22. The molecule has 96 valence electrons. The molecule has 0 atom stereocenters. The third-order valence-corrected chi connectivity index (χ3v) is 0. The third-order valence-electron chi connectivity index (χ3n) is 0. The quantitative estimate of drug-likeness (QED) is 0.225. The maximum Gasteiger partial charge on any atom is 4.00 e. The van der Waals surface area contributed by atoms with Gasteiger partial charge in [0.15, 0.2) is 0 Å². The van der Waals surface area contributed by atoms with Crippen LogP contribution in [0.1, 0.15) is 0 Å². The van der Waals surface area contributed by atoms with Crippen molar-refractivity contribution in [2.45, 2.75) is 0 Å². The van der Waals surface area contributed by atoms with Gasteiger partial charge in [0.25, 0.3) is 0 Å². The Labute approximate surface area is 131 Å². The maximum absolute atomic E-state index is 8.52. The molecule has 0 rings (SSSR count). The molecule has 0 amide bonds. The van der Waals surface area contributed by atoms with Crippen molar-refractivity contribution in [2.75, 3.05) is 0 Å². The molecular formula is CaO12S3Si. The van der Waals surface area contributed by atoms with Crippen LogP contribution in [0.4, 0.5) is 0 Å². The van der Waals surface area contributed by atoms with Gasteiger partial charge in [-0.05, 0) is 0 Å². The molecule has 0 aromatic carbocycles. The molecule has 0 heterocycles. The predicted octanol–water partition coefficient (Wildman–Crippen LogP) is -4.78. The van der Waals surface area contributed by atoms with Crippen LogP contribution in [-0.4, -0.2) is 101 Å². The Morgan fingerprint density at radius 2 is 0.471 bits per heavy atom. The second kappa shape index (κ2) is 12.1. The van der Waals surface area contributed by atoms with E-state index in [1.807, 2.05) is 0 Å². The van der Waals surface area contributed by atoms with Gasteiger partial charge in [-0.15, -0.1) is 0 Å². The molecule has 0 bridgehead atoms. The van der Waals surface area contributed by atoms with E-state index in [0.717, 1.165) is 0 Å². The predicted molar refractivity (Wildman–Crippen MR) is 42.9 cm³/mol. The van der Waals surface area contributed by atoms with E-state index < -0.39 is 31.2 Å². The summed E-state index contributed by atoms with van der Waals surface area (Å²) in [6, 6.07) is 0. The van der Waals surface area contributed by atoms with Crippen molar-refractivity contribution in [2.24, 2.45) is 0 Å². The van der Waals surface area contributed by atoms with Gasteiger partial charge in [-0.1, -0.05) is 0 Å². The maximum atomic E-state index is 8.52. The Hall–Kier alpha value is 1.09. The van der Waals surface area contributed by atoms with Crippen LogP contribution in [0.3, 0.4) is 0 Å². The molecule has 0 N–H and O–H groups in total. The summed E-state index contributed by atoms with van der Waals surface area (Å²) in [5.41, 5.74) is 0. The fourth-order valence-electron chi connectivity index (χ4n) is 0. The first-order valence-electron chi connectivity index (χ1n) is 2.00. The Bertz CT molecular complexity index is 343. The van der Waals surface area contributed by atoms with Crippen molar-refractivity contribution in [3.8, 4) is 0 Å². The smallest absolute Gasteiger partial charge is 0.759 e. The molecule has 17 heavy (non-hydrogen) atoms. The topological polar surface area (TPSA) is 241 Å². The van der Waals surface area contributed by atoms with E-state index in [1.165, 1.54) is 0 Å². The van der Waals surface area contributed by atoms with Crippen molar-refractivity contribution in [1.29, 1.82) is 0 Å². The third kappa shape index (κ3) is 3290. The van der Waals surface area contributed by atoms with Crippen molar-refractivity contribution in [3.05, 3.63) is 0 Å². The van der Waals surface area contributed by atoms with E-state index in [4.69, 9.17) is 52.6 Å². The largest absolute Gasteiger partial charge is 4.00 e. The Balaban J connectivity index is -0.0000000400. The molecule has 0 saturated carbocycles. The van der Waals surface area contributed by atoms with Crippen molar-refractivity contribution < 1.29 is 52.6 Å². The molecule has 0 aromatic heterocycles. The van der Waals surface area contributed by atoms with Crippen molar-refractivity contribution in [1.82, 2.24) is 0 Å². The summed E-state index contributed by atoms with van der Waals surface area (Å²) in [7, 11) is -15.5. The molecule has 12 nitrogen and oxygen atoms in total. The Morgan fingerprint density at radius 3 is 0.471 bits per heavy atom. The van der Waals surface area contributed by atoms with E-state index >= 15 is 0 Å². The minimum atomic E-state index is -5.17. The first kappa shape index (κ1) is 30.8. The molecule has 0 aliphatic rings. The summed E-state index contributed by atoms with van der Waals surface area (Å²) in [6.45, 7) is 0. The van der Waals surface area contributed by atoms with E-state index in [2.05, 4.69) is 0 Å². The first-order chi connectivity index (χ1) is 6.00. The normalized spacial score (nSPS) is 10.2. The summed E-state index contributed by atoms with van der Waals surface area (Å²) < 4.78 is 102. The molecule has 0 aromatic rings. The summed E-state index contributed by atoms with van der Waals surface area (Å²) in [5, 5.41) is 0. The number of rotatable bonds is 0. The standard InChI is InChI=1S/Ca.3H2O4S.Si/c;3*1-5(2,3)4;/h;3*(H2,1,2,3,4);/q+2;;;;+4/p-6. The zero-order valence-electron chi connectivity index (χ0n) is 7.33. The molecule has 17 heteroatoms. The summed E-state index contributed by atoms with van der Waals surface area (Å²) >= 11 is 0. The molecule has 0 aliphatic heterocycles. The van der Waals surface area contributed by atoms with E-state index in [1.54, 1.807) is 0 Å². The summed E-state index contributed by atoms with van der Waals surface area (Å²) in [5.74, 6) is 0. The Morgan fingerprint density at radius 1 is 0.471 bits per heavy atom. The SMILES string of the molecule is O=S(=O)([O-])[O-].O=S(=O)([O-])[O-].O=S(=O)([O-])[O-].[Ca+2].[Si+4]. The van der Waals surface area contributed by atoms with Crippen LogP contribution in [0.2, 0.25) is 0 Å². The van der Waals surface area contributed by atoms with Gasteiger partial charge in [0.05, 0.1) is 0 Å². The zero-order chi connectivity index (χ0) is 13.5. The van der Waals surface area contributed by atoms with Crippen molar-refractivity contribution in [3.63, 3.8) is 0 Å². The summed E-state index contributed by atoms with van der Waals surface area (Å²) in [6.07, 6.45) is 0.